The fourth-order valence-corrected chi connectivity index (χ4v) is 3.08. The van der Waals surface area contributed by atoms with Gasteiger partial charge in [0.25, 0.3) is 5.91 Å². The number of hydrogen-bond acceptors (Lipinski definition) is 3. The number of ether oxygens (including phenoxy) is 1. The highest BCUT2D eigenvalue weighted by Gasteiger charge is 2.15. The third kappa shape index (κ3) is 3.20. The van der Waals surface area contributed by atoms with Gasteiger partial charge in [-0.1, -0.05) is 26.0 Å². The fourth-order valence-electron chi connectivity index (χ4n) is 3.08. The van der Waals surface area contributed by atoms with Crippen molar-refractivity contribution < 1.29 is 9.53 Å². The summed E-state index contributed by atoms with van der Waals surface area (Å²) in [6, 6.07) is 15.7. The summed E-state index contributed by atoms with van der Waals surface area (Å²) in [5.74, 6) is 1.20. The summed E-state index contributed by atoms with van der Waals surface area (Å²) in [4.78, 5) is 12.5. The molecule has 0 saturated carbocycles. The van der Waals surface area contributed by atoms with Gasteiger partial charge in [0, 0.05) is 17.7 Å². The van der Waals surface area contributed by atoms with E-state index in [1.807, 2.05) is 36.4 Å². The van der Waals surface area contributed by atoms with Crippen molar-refractivity contribution in [1.82, 2.24) is 10.2 Å². The number of carbonyl (C=O) groups excluding carboxylic acids is 1. The minimum absolute atomic E-state index is 0.203. The average molecular weight is 347 g/mol. The molecule has 2 heterocycles. The summed E-state index contributed by atoms with van der Waals surface area (Å²) in [5, 5.41) is 10.0. The number of aromatic nitrogens is 2. The largest absolute Gasteiger partial charge is 0.493 e. The van der Waals surface area contributed by atoms with Crippen LogP contribution in [0.3, 0.4) is 0 Å². The number of carbonyl (C=O) groups is 1. The predicted octanol–water partition coefficient (Wildman–Crippen LogP) is 4.39. The number of anilines is 1. The molecule has 0 saturated heterocycles. The number of fused-ring (bicyclic) bond motifs is 1. The van der Waals surface area contributed by atoms with Gasteiger partial charge in [0.05, 0.1) is 12.3 Å². The Balaban J connectivity index is 1.49. The van der Waals surface area contributed by atoms with Crippen LogP contribution < -0.4 is 10.1 Å². The van der Waals surface area contributed by atoms with E-state index in [0.29, 0.717) is 11.6 Å². The predicted molar refractivity (Wildman–Crippen MR) is 102 cm³/mol. The van der Waals surface area contributed by atoms with Crippen LogP contribution >= 0.6 is 0 Å². The lowest BCUT2D eigenvalue weighted by atomic mass is 10.0. The number of H-pyrrole nitrogens is 1. The molecule has 2 aromatic carbocycles. The van der Waals surface area contributed by atoms with Gasteiger partial charge in [0.15, 0.2) is 0 Å². The van der Waals surface area contributed by atoms with E-state index in [4.69, 9.17) is 4.74 Å². The topological polar surface area (TPSA) is 67.0 Å². The summed E-state index contributed by atoms with van der Waals surface area (Å²) in [6.45, 7) is 5.01. The minimum Gasteiger partial charge on any atom is -0.493 e. The molecule has 0 atom stereocenters. The smallest absolute Gasteiger partial charge is 0.273 e. The molecule has 2 N–H and O–H groups in total. The highest BCUT2D eigenvalue weighted by molar-refractivity contribution is 6.03. The Hall–Kier alpha value is -3.08. The van der Waals surface area contributed by atoms with Gasteiger partial charge < -0.3 is 10.1 Å². The Morgan fingerprint density at radius 2 is 1.96 bits per heavy atom. The van der Waals surface area contributed by atoms with Gasteiger partial charge in [0.2, 0.25) is 0 Å². The molecule has 1 aliphatic rings. The molecule has 0 fully saturated rings. The maximum atomic E-state index is 12.5. The highest BCUT2D eigenvalue weighted by Crippen LogP contribution is 2.30. The maximum Gasteiger partial charge on any atom is 0.273 e. The molecule has 1 amide bonds. The molecule has 1 aliphatic heterocycles. The monoisotopic (exact) mass is 347 g/mol. The van der Waals surface area contributed by atoms with E-state index in [1.54, 1.807) is 6.07 Å². The molecule has 0 unspecified atom stereocenters. The van der Waals surface area contributed by atoms with Gasteiger partial charge in [0.1, 0.15) is 11.4 Å². The van der Waals surface area contributed by atoms with E-state index < -0.39 is 0 Å². The van der Waals surface area contributed by atoms with Crippen molar-refractivity contribution in [2.45, 2.75) is 26.2 Å². The first-order chi connectivity index (χ1) is 12.6. The zero-order chi connectivity index (χ0) is 18.1. The Labute approximate surface area is 152 Å². The van der Waals surface area contributed by atoms with E-state index >= 15 is 0 Å². The number of amides is 1. The molecule has 0 radical (unpaired) electrons. The lowest BCUT2D eigenvalue weighted by Gasteiger charge is -2.07. The quantitative estimate of drug-likeness (QED) is 0.736. The number of aromatic amines is 1. The number of nitrogens with zero attached hydrogens (tertiary/aromatic N) is 1. The molecule has 0 spiro atoms. The van der Waals surface area contributed by atoms with Crippen LogP contribution in [-0.2, 0) is 6.42 Å². The Bertz CT molecular complexity index is 942. The molecule has 132 valence electrons. The van der Waals surface area contributed by atoms with Gasteiger partial charge in [-0.2, -0.15) is 5.10 Å². The summed E-state index contributed by atoms with van der Waals surface area (Å²) in [6.07, 6.45) is 0.910. The maximum absolute atomic E-state index is 12.5. The van der Waals surface area contributed by atoms with Crippen molar-refractivity contribution in [3.8, 4) is 17.0 Å². The summed E-state index contributed by atoms with van der Waals surface area (Å²) in [7, 11) is 0. The lowest BCUT2D eigenvalue weighted by molar-refractivity contribution is 0.102. The van der Waals surface area contributed by atoms with E-state index in [1.165, 1.54) is 11.1 Å². The normalized spacial score (nSPS) is 12.7. The van der Waals surface area contributed by atoms with Crippen LogP contribution in [0.1, 0.15) is 41.4 Å². The molecular formula is C21H21N3O2. The zero-order valence-corrected chi connectivity index (χ0v) is 14.9. The number of rotatable bonds is 4. The van der Waals surface area contributed by atoms with E-state index in [2.05, 4.69) is 35.4 Å². The molecule has 3 aromatic rings. The second-order valence-electron chi connectivity index (χ2n) is 6.82. The van der Waals surface area contributed by atoms with Crippen LogP contribution in [-0.4, -0.2) is 22.7 Å². The Morgan fingerprint density at radius 3 is 2.73 bits per heavy atom. The van der Waals surface area contributed by atoms with Crippen molar-refractivity contribution in [1.29, 1.82) is 0 Å². The van der Waals surface area contributed by atoms with Gasteiger partial charge >= 0.3 is 0 Å². The molecule has 0 aliphatic carbocycles. The molecule has 1 aromatic heterocycles. The average Bonchev–Trinajstić information content (AvgIpc) is 3.31. The molecule has 5 nitrogen and oxygen atoms in total. The first kappa shape index (κ1) is 16.4. The van der Waals surface area contributed by atoms with Crippen LogP contribution in [0.15, 0.2) is 48.5 Å². The van der Waals surface area contributed by atoms with Crippen LogP contribution in [0, 0.1) is 0 Å². The van der Waals surface area contributed by atoms with Crippen LogP contribution in [0.2, 0.25) is 0 Å². The van der Waals surface area contributed by atoms with Crippen molar-refractivity contribution in [2.75, 3.05) is 11.9 Å². The van der Waals surface area contributed by atoms with Crippen LogP contribution in [0.25, 0.3) is 11.3 Å². The van der Waals surface area contributed by atoms with Crippen molar-refractivity contribution >= 4 is 11.6 Å². The summed E-state index contributed by atoms with van der Waals surface area (Å²) < 4.78 is 5.53. The van der Waals surface area contributed by atoms with Crippen molar-refractivity contribution in [3.63, 3.8) is 0 Å². The Kier molecular flexibility index (Phi) is 4.21. The minimum atomic E-state index is -0.203. The van der Waals surface area contributed by atoms with E-state index in [0.717, 1.165) is 35.7 Å². The SMILES string of the molecule is CC(C)c1ccc(NC(=O)c2cc(-c3ccc4c(c3)CCO4)n[nH]2)cc1. The number of nitrogens with one attached hydrogen (secondary N) is 2. The standard InChI is InChI=1S/C21H21N3O2/c1-13(2)14-3-6-17(7-4-14)22-21(25)19-12-18(23-24-19)15-5-8-20-16(11-15)9-10-26-20/h3-8,11-13H,9-10H2,1-2H3,(H,22,25)(H,23,24). The van der Waals surface area contributed by atoms with E-state index in [-0.39, 0.29) is 5.91 Å². The first-order valence-electron chi connectivity index (χ1n) is 8.83. The molecule has 4 rings (SSSR count). The van der Waals surface area contributed by atoms with Crippen LogP contribution in [0.5, 0.6) is 5.75 Å². The highest BCUT2D eigenvalue weighted by atomic mass is 16.5. The fraction of sp³-hybridized carbons (Fsp3) is 0.238. The number of hydrogen-bond donors (Lipinski definition) is 2. The third-order valence-electron chi connectivity index (χ3n) is 4.64. The van der Waals surface area contributed by atoms with Gasteiger partial charge in [-0.3, -0.25) is 9.89 Å². The molecule has 5 heteroatoms. The second-order valence-corrected chi connectivity index (χ2v) is 6.82. The number of benzene rings is 2. The first-order valence-corrected chi connectivity index (χ1v) is 8.83. The summed E-state index contributed by atoms with van der Waals surface area (Å²) >= 11 is 0. The second kappa shape index (κ2) is 6.67. The van der Waals surface area contributed by atoms with Crippen molar-refractivity contribution in [3.05, 3.63) is 65.4 Å². The zero-order valence-electron chi connectivity index (χ0n) is 14.9. The Morgan fingerprint density at radius 1 is 1.15 bits per heavy atom. The lowest BCUT2D eigenvalue weighted by Crippen LogP contribution is -2.12. The molecule has 26 heavy (non-hydrogen) atoms. The van der Waals surface area contributed by atoms with Gasteiger partial charge in [-0.25, -0.2) is 0 Å². The van der Waals surface area contributed by atoms with Crippen molar-refractivity contribution in [2.24, 2.45) is 0 Å². The molecule has 0 bridgehead atoms. The van der Waals surface area contributed by atoms with E-state index in [9.17, 15) is 4.79 Å². The van der Waals surface area contributed by atoms with Crippen LogP contribution in [0.4, 0.5) is 5.69 Å². The third-order valence-corrected chi connectivity index (χ3v) is 4.64. The van der Waals surface area contributed by atoms with Gasteiger partial charge in [-0.15, -0.1) is 0 Å². The van der Waals surface area contributed by atoms with Gasteiger partial charge in [-0.05, 0) is 53.4 Å². The molecular weight excluding hydrogens is 326 g/mol. The summed E-state index contributed by atoms with van der Waals surface area (Å²) in [5.41, 5.74) is 5.36.